The summed E-state index contributed by atoms with van der Waals surface area (Å²) in [4.78, 5) is 7.81. The second-order valence-electron chi connectivity index (χ2n) is 35.2. The first kappa shape index (κ1) is 73.9. The zero-order valence-corrected chi connectivity index (χ0v) is 70.3. The van der Waals surface area contributed by atoms with Gasteiger partial charge in [0.25, 0.3) is 20.1 Å². The van der Waals surface area contributed by atoms with Crippen molar-refractivity contribution in [2.45, 2.75) is 26.2 Å². The van der Waals surface area contributed by atoms with Crippen LogP contribution in [-0.4, -0.2) is 20.1 Å². The van der Waals surface area contributed by atoms with Crippen LogP contribution in [0, 0.1) is 0 Å². The van der Waals surface area contributed by atoms with Gasteiger partial charge in [0.15, 0.2) is 0 Å². The van der Waals surface area contributed by atoms with Crippen molar-refractivity contribution < 1.29 is 14.2 Å². The number of ether oxygens (including phenoxy) is 3. The van der Waals surface area contributed by atoms with Crippen LogP contribution in [0.25, 0.3) is 100 Å². The highest BCUT2D eigenvalue weighted by molar-refractivity contribution is 7.05. The highest BCUT2D eigenvalue weighted by atomic mass is 16.5. The predicted octanol–water partition coefficient (Wildman–Crippen LogP) is 25.2. The number of para-hydroxylation sites is 2. The maximum Gasteiger partial charge on any atom is 0.265 e. The van der Waals surface area contributed by atoms with Crippen molar-refractivity contribution >= 4 is 120 Å². The number of hydrogen-bond donors (Lipinski definition) is 0. The zero-order valence-electron chi connectivity index (χ0n) is 70.3. The van der Waals surface area contributed by atoms with Crippen LogP contribution in [0.3, 0.4) is 0 Å². The lowest BCUT2D eigenvalue weighted by Crippen LogP contribution is -2.66. The van der Waals surface area contributed by atoms with Gasteiger partial charge in [0.05, 0.1) is 11.4 Å². The second kappa shape index (κ2) is 29.4. The third-order valence-electron chi connectivity index (χ3n) is 27.0. The molecule has 0 radical (unpaired) electrons. The van der Waals surface area contributed by atoms with Crippen LogP contribution in [0.1, 0.15) is 26.3 Å². The van der Waals surface area contributed by atoms with E-state index in [9.17, 15) is 0 Å². The molecule has 6 aliphatic rings. The van der Waals surface area contributed by atoms with Crippen LogP contribution in [0.4, 0.5) is 51.2 Å². The molecule has 594 valence electrons. The lowest BCUT2D eigenvalue weighted by molar-refractivity contribution is 0.459. The fourth-order valence-corrected chi connectivity index (χ4v) is 21.1. The zero-order chi connectivity index (χ0) is 84.1. The van der Waals surface area contributed by atoms with Crippen LogP contribution in [0.15, 0.2) is 431 Å². The molecule has 127 heavy (non-hydrogen) atoms. The van der Waals surface area contributed by atoms with E-state index in [4.69, 9.17) is 14.2 Å². The van der Waals surface area contributed by atoms with E-state index in [1.165, 1.54) is 11.0 Å². The first-order chi connectivity index (χ1) is 62.7. The standard InChI is InChI=1S/C118H80B3N3O3/c1-118(2,3)89-71-101-109-102(72-89)124(115-93(82-48-27-11-28-49-82)56-33-57-94(115)83-50-29-12-30-51-83)104-74-108-113-117(111(104)120(109)96-63-59-86(77-38-17-6-18-39-77)68-100(96)123(101)114-91(80-44-23-9-24-45-80)54-32-55-92(114)81-46-25-10-26-47-81)127-106-70-88(79-42-21-8-22-43-79)61-65-98(106)121(113)112-107(125-108)73-103-110-116(112)126-105-69-87(78-40-19-7-20-41-78)60-64-97(105)119(110)95-62-58-85(76-36-15-5-16-37-76)67-99(95)122(103)90-53-31-52-84(66-90)75-34-13-4-14-35-75/h4-74H,1-3H3. The van der Waals surface area contributed by atoms with Crippen LogP contribution < -0.4 is 78.1 Å². The molecule has 6 aliphatic heterocycles. The van der Waals surface area contributed by atoms with Crippen molar-refractivity contribution in [3.63, 3.8) is 0 Å². The molecule has 19 aromatic rings. The average molecular weight is 1620 g/mol. The molecule has 0 N–H and O–H groups in total. The molecule has 0 amide bonds. The topological polar surface area (TPSA) is 37.4 Å². The van der Waals surface area contributed by atoms with Gasteiger partial charge < -0.3 is 28.9 Å². The molecule has 9 heteroatoms. The Morgan fingerprint density at radius 3 is 0.882 bits per heavy atom. The van der Waals surface area contributed by atoms with Crippen molar-refractivity contribution in [3.8, 4) is 135 Å². The molecule has 0 fully saturated rings. The van der Waals surface area contributed by atoms with Crippen molar-refractivity contribution in [1.29, 1.82) is 0 Å². The summed E-state index contributed by atoms with van der Waals surface area (Å²) in [5.74, 6) is 4.44. The number of hydrogen-bond acceptors (Lipinski definition) is 6. The minimum atomic E-state index is -0.538. The summed E-state index contributed by atoms with van der Waals surface area (Å²) in [6, 6.07) is 159. The van der Waals surface area contributed by atoms with Gasteiger partial charge in [-0.25, -0.2) is 0 Å². The fourth-order valence-electron chi connectivity index (χ4n) is 21.1. The van der Waals surface area contributed by atoms with Gasteiger partial charge in [0, 0.05) is 85.1 Å². The van der Waals surface area contributed by atoms with E-state index in [0.717, 1.165) is 218 Å². The smallest absolute Gasteiger partial charge is 0.265 e. The number of fused-ring (bicyclic) bond motifs is 14. The fraction of sp³-hybridized carbons (Fsp3) is 0.0339. The van der Waals surface area contributed by atoms with Gasteiger partial charge in [-0.2, -0.15) is 0 Å². The van der Waals surface area contributed by atoms with Crippen molar-refractivity contribution in [3.05, 3.63) is 436 Å². The van der Waals surface area contributed by atoms with Gasteiger partial charge in [0.1, 0.15) is 34.5 Å². The Balaban J connectivity index is 0.831. The minimum Gasteiger partial charge on any atom is -0.459 e. The van der Waals surface area contributed by atoms with E-state index in [1.807, 2.05) is 0 Å². The monoisotopic (exact) mass is 1620 g/mol. The average Bonchev–Trinajstić information content (AvgIpc) is 0.670. The van der Waals surface area contributed by atoms with Gasteiger partial charge in [0.2, 0.25) is 0 Å². The van der Waals surface area contributed by atoms with E-state index in [-0.39, 0.29) is 6.71 Å². The van der Waals surface area contributed by atoms with Gasteiger partial charge in [-0.3, -0.25) is 0 Å². The molecule has 19 aromatic carbocycles. The van der Waals surface area contributed by atoms with Gasteiger partial charge in [-0.1, -0.05) is 391 Å². The van der Waals surface area contributed by atoms with E-state index in [2.05, 4.69) is 466 Å². The van der Waals surface area contributed by atoms with Crippen LogP contribution in [0.5, 0.6) is 34.5 Å². The lowest BCUT2D eigenvalue weighted by Gasteiger charge is -2.48. The predicted molar refractivity (Wildman–Crippen MR) is 532 cm³/mol. The Morgan fingerprint density at radius 1 is 0.197 bits per heavy atom. The van der Waals surface area contributed by atoms with E-state index >= 15 is 0 Å². The normalized spacial score (nSPS) is 13.1. The van der Waals surface area contributed by atoms with Gasteiger partial charge >= 0.3 is 0 Å². The number of benzene rings is 19. The summed E-state index contributed by atoms with van der Waals surface area (Å²) in [5, 5.41) is 0. The molecule has 0 unspecified atom stereocenters. The molecule has 6 nitrogen and oxygen atoms in total. The van der Waals surface area contributed by atoms with Crippen LogP contribution in [0.2, 0.25) is 0 Å². The highest BCUT2D eigenvalue weighted by Gasteiger charge is 2.54. The Kier molecular flexibility index (Phi) is 17.1. The summed E-state index contributed by atoms with van der Waals surface area (Å²) in [6.45, 7) is 5.79. The third kappa shape index (κ3) is 12.0. The minimum absolute atomic E-state index is 0.303. The quantitative estimate of drug-likeness (QED) is 0.114. The van der Waals surface area contributed by atoms with Crippen LogP contribution >= 0.6 is 0 Å². The molecule has 6 heterocycles. The van der Waals surface area contributed by atoms with Gasteiger partial charge in [-0.15, -0.1) is 0 Å². The molecule has 0 saturated heterocycles. The third-order valence-corrected chi connectivity index (χ3v) is 27.0. The molecular weight excluding hydrogens is 1540 g/mol. The van der Waals surface area contributed by atoms with Crippen LogP contribution in [-0.2, 0) is 5.41 Å². The molecule has 0 saturated carbocycles. The summed E-state index contributed by atoms with van der Waals surface area (Å²) in [6.07, 6.45) is 0. The molecule has 0 aromatic heterocycles. The van der Waals surface area contributed by atoms with E-state index in [1.54, 1.807) is 0 Å². The molecule has 25 rings (SSSR count). The Hall–Kier alpha value is -15.8. The first-order valence-corrected chi connectivity index (χ1v) is 44.1. The SMILES string of the molecule is CC(C)(C)c1cc2c3c(c1)N(c1c(-c4ccccc4)cccc1-c1ccccc1)c1cc4c5c(c1B3c1ccc(-c3ccccc3)cc1N2c1c(-c2ccccc2)cccc1-c1ccccc1)Oc1cc(-c2ccccc2)ccc1B5c1c(cc2c3c1Oc1cc(-c5ccccc5)ccc1B3c1ccc(-c3ccccc3)cc1N2c1cccc(-c2ccccc2)c1)O4. The lowest BCUT2D eigenvalue weighted by atomic mass is 9.29. The molecular formula is C118H80B3N3O3. The molecule has 0 spiro atoms. The summed E-state index contributed by atoms with van der Waals surface area (Å²) in [5.41, 5.74) is 39.3. The Bertz CT molecular complexity index is 7530. The number of rotatable bonds is 12. The summed E-state index contributed by atoms with van der Waals surface area (Å²) < 4.78 is 25.1. The molecule has 0 bridgehead atoms. The molecule has 0 atom stereocenters. The number of anilines is 9. The second-order valence-corrected chi connectivity index (χ2v) is 35.2. The largest absolute Gasteiger partial charge is 0.459 e. The Labute approximate surface area is 741 Å². The Morgan fingerprint density at radius 2 is 0.488 bits per heavy atom. The van der Waals surface area contributed by atoms with Crippen molar-refractivity contribution in [2.75, 3.05) is 14.7 Å². The highest BCUT2D eigenvalue weighted by Crippen LogP contribution is 2.57. The van der Waals surface area contributed by atoms with Gasteiger partial charge in [-0.05, 0) is 176 Å². The summed E-state index contributed by atoms with van der Waals surface area (Å²) >= 11 is 0. The van der Waals surface area contributed by atoms with Crippen molar-refractivity contribution in [2.24, 2.45) is 0 Å². The summed E-state index contributed by atoms with van der Waals surface area (Å²) in [7, 11) is 0. The molecule has 0 aliphatic carbocycles. The first-order valence-electron chi connectivity index (χ1n) is 44.1. The number of nitrogens with zero attached hydrogens (tertiary/aromatic N) is 3. The van der Waals surface area contributed by atoms with E-state index in [0.29, 0.717) is 11.5 Å². The van der Waals surface area contributed by atoms with Crippen molar-refractivity contribution in [1.82, 2.24) is 0 Å². The maximum absolute atomic E-state index is 8.47. The maximum atomic E-state index is 8.47. The van der Waals surface area contributed by atoms with E-state index < -0.39 is 18.8 Å².